The molecule has 0 spiro atoms. The Balaban J connectivity index is 2.29. The van der Waals surface area contributed by atoms with Crippen molar-refractivity contribution >= 4 is 29.2 Å². The van der Waals surface area contributed by atoms with Crippen molar-refractivity contribution in [2.24, 2.45) is 0 Å². The van der Waals surface area contributed by atoms with Gasteiger partial charge in [0.1, 0.15) is 5.82 Å². The molecule has 0 aliphatic rings. The minimum atomic E-state index is -0.965. The van der Waals surface area contributed by atoms with Crippen molar-refractivity contribution in [3.63, 3.8) is 0 Å². The van der Waals surface area contributed by atoms with Crippen molar-refractivity contribution in [2.45, 2.75) is 12.3 Å². The molecular formula is C15H11Cl2FO2. The first-order valence-electron chi connectivity index (χ1n) is 5.89. The highest BCUT2D eigenvalue weighted by Crippen LogP contribution is 2.28. The predicted molar refractivity (Wildman–Crippen MR) is 76.9 cm³/mol. The lowest BCUT2D eigenvalue weighted by atomic mass is 9.92. The third-order valence-corrected chi connectivity index (χ3v) is 3.74. The van der Waals surface area contributed by atoms with Crippen molar-refractivity contribution in [1.29, 1.82) is 0 Å². The smallest absolute Gasteiger partial charge is 0.311 e. The number of benzene rings is 2. The van der Waals surface area contributed by atoms with Crippen LogP contribution in [0.25, 0.3) is 0 Å². The summed E-state index contributed by atoms with van der Waals surface area (Å²) in [6.45, 7) is 0. The molecule has 0 fully saturated rings. The summed E-state index contributed by atoms with van der Waals surface area (Å²) in [6, 6.07) is 10.5. The number of aliphatic carboxylic acids is 1. The van der Waals surface area contributed by atoms with Crippen LogP contribution >= 0.6 is 23.2 Å². The maximum Gasteiger partial charge on any atom is 0.311 e. The second-order valence-corrected chi connectivity index (χ2v) is 5.21. The van der Waals surface area contributed by atoms with Gasteiger partial charge in [0.05, 0.1) is 16.0 Å². The molecule has 1 N–H and O–H groups in total. The minimum absolute atomic E-state index is 0.258. The third kappa shape index (κ3) is 3.50. The van der Waals surface area contributed by atoms with Crippen LogP contribution in [0.2, 0.25) is 10.0 Å². The molecule has 1 atom stereocenters. The Morgan fingerprint density at radius 2 is 1.75 bits per heavy atom. The van der Waals surface area contributed by atoms with Crippen LogP contribution in [-0.4, -0.2) is 11.1 Å². The van der Waals surface area contributed by atoms with Gasteiger partial charge in [0, 0.05) is 0 Å². The number of halogens is 3. The summed E-state index contributed by atoms with van der Waals surface area (Å²) in [5.74, 6) is -2.07. The average molecular weight is 313 g/mol. The van der Waals surface area contributed by atoms with Gasteiger partial charge in [0.2, 0.25) is 0 Å². The van der Waals surface area contributed by atoms with E-state index in [4.69, 9.17) is 23.2 Å². The van der Waals surface area contributed by atoms with Crippen molar-refractivity contribution < 1.29 is 14.3 Å². The molecule has 0 aliphatic carbocycles. The van der Waals surface area contributed by atoms with E-state index in [1.807, 2.05) is 0 Å². The molecule has 20 heavy (non-hydrogen) atoms. The fourth-order valence-corrected chi connectivity index (χ4v) is 2.24. The van der Waals surface area contributed by atoms with E-state index in [0.717, 1.165) is 5.56 Å². The van der Waals surface area contributed by atoms with Crippen LogP contribution in [0.1, 0.15) is 17.0 Å². The van der Waals surface area contributed by atoms with E-state index in [2.05, 4.69) is 0 Å². The second-order valence-electron chi connectivity index (χ2n) is 4.39. The molecule has 0 amide bonds. The topological polar surface area (TPSA) is 37.3 Å². The normalized spacial score (nSPS) is 12.2. The van der Waals surface area contributed by atoms with Crippen molar-refractivity contribution in [1.82, 2.24) is 0 Å². The molecule has 104 valence electrons. The molecule has 0 bridgehead atoms. The highest BCUT2D eigenvalue weighted by molar-refractivity contribution is 6.42. The summed E-state index contributed by atoms with van der Waals surface area (Å²) in [7, 11) is 0. The van der Waals surface area contributed by atoms with E-state index in [-0.39, 0.29) is 12.2 Å². The number of carbonyl (C=O) groups is 1. The first kappa shape index (κ1) is 14.8. The third-order valence-electron chi connectivity index (χ3n) is 3.00. The quantitative estimate of drug-likeness (QED) is 0.899. The lowest BCUT2D eigenvalue weighted by Gasteiger charge is -2.13. The Kier molecular flexibility index (Phi) is 4.63. The Hall–Kier alpha value is -1.58. The van der Waals surface area contributed by atoms with Crippen LogP contribution in [0.4, 0.5) is 4.39 Å². The van der Waals surface area contributed by atoms with Crippen LogP contribution in [0.15, 0.2) is 42.5 Å². The molecule has 1 unspecified atom stereocenters. The molecule has 2 aromatic rings. The van der Waals surface area contributed by atoms with Gasteiger partial charge in [-0.15, -0.1) is 0 Å². The lowest BCUT2D eigenvalue weighted by Crippen LogP contribution is -2.14. The van der Waals surface area contributed by atoms with Crippen LogP contribution in [0, 0.1) is 5.82 Å². The molecule has 0 saturated carbocycles. The Labute approximate surface area is 125 Å². The van der Waals surface area contributed by atoms with E-state index in [1.165, 1.54) is 12.1 Å². The van der Waals surface area contributed by atoms with Gasteiger partial charge < -0.3 is 5.11 Å². The van der Waals surface area contributed by atoms with Crippen LogP contribution < -0.4 is 0 Å². The molecule has 0 aliphatic heterocycles. The molecule has 0 heterocycles. The first-order valence-corrected chi connectivity index (χ1v) is 6.65. The number of carboxylic acids is 1. The molecule has 0 radical (unpaired) electrons. The monoisotopic (exact) mass is 312 g/mol. The van der Waals surface area contributed by atoms with E-state index in [9.17, 15) is 14.3 Å². The van der Waals surface area contributed by atoms with E-state index < -0.39 is 11.9 Å². The minimum Gasteiger partial charge on any atom is -0.481 e. The van der Waals surface area contributed by atoms with Gasteiger partial charge in [-0.2, -0.15) is 0 Å². The molecule has 0 saturated heterocycles. The van der Waals surface area contributed by atoms with Gasteiger partial charge in [-0.05, 0) is 41.8 Å². The molecular weight excluding hydrogens is 302 g/mol. The highest BCUT2D eigenvalue weighted by Gasteiger charge is 2.21. The fraction of sp³-hybridized carbons (Fsp3) is 0.133. The van der Waals surface area contributed by atoms with Gasteiger partial charge in [0.25, 0.3) is 0 Å². The summed E-state index contributed by atoms with van der Waals surface area (Å²) in [5, 5.41) is 10.0. The molecule has 2 aromatic carbocycles. The fourth-order valence-electron chi connectivity index (χ4n) is 1.93. The average Bonchev–Trinajstić information content (AvgIpc) is 2.41. The van der Waals surface area contributed by atoms with Gasteiger partial charge in [-0.1, -0.05) is 41.4 Å². The zero-order valence-electron chi connectivity index (χ0n) is 10.3. The molecule has 0 aromatic heterocycles. The summed E-state index contributed by atoms with van der Waals surface area (Å²) >= 11 is 11.7. The Morgan fingerprint density at radius 1 is 1.10 bits per heavy atom. The van der Waals surface area contributed by atoms with Gasteiger partial charge in [0.15, 0.2) is 0 Å². The lowest BCUT2D eigenvalue weighted by molar-refractivity contribution is -0.138. The standard InChI is InChI=1S/C15H11Cl2FO2/c16-13-6-3-10(8-14(13)17)12(15(19)20)7-9-1-4-11(18)5-2-9/h1-6,8,12H,7H2,(H,19,20). The number of carboxylic acid groups (broad SMARTS) is 1. The Bertz CT molecular complexity index is 626. The largest absolute Gasteiger partial charge is 0.481 e. The summed E-state index contributed by atoms with van der Waals surface area (Å²) in [6.07, 6.45) is 0.258. The van der Waals surface area contributed by atoms with Gasteiger partial charge in [-0.3, -0.25) is 4.79 Å². The van der Waals surface area contributed by atoms with Crippen molar-refractivity contribution in [2.75, 3.05) is 0 Å². The Morgan fingerprint density at radius 3 is 2.30 bits per heavy atom. The highest BCUT2D eigenvalue weighted by atomic mass is 35.5. The first-order chi connectivity index (χ1) is 9.47. The SMILES string of the molecule is O=C(O)C(Cc1ccc(F)cc1)c1ccc(Cl)c(Cl)c1. The van der Waals surface area contributed by atoms with Crippen molar-refractivity contribution in [3.8, 4) is 0 Å². The molecule has 5 heteroatoms. The van der Waals surface area contributed by atoms with Crippen LogP contribution in [0.3, 0.4) is 0 Å². The maximum absolute atomic E-state index is 12.9. The molecule has 2 rings (SSSR count). The number of hydrogen-bond donors (Lipinski definition) is 1. The van der Waals surface area contributed by atoms with Crippen molar-refractivity contribution in [3.05, 3.63) is 69.5 Å². The number of hydrogen-bond acceptors (Lipinski definition) is 1. The van der Waals surface area contributed by atoms with E-state index in [0.29, 0.717) is 15.6 Å². The zero-order chi connectivity index (χ0) is 14.7. The van der Waals surface area contributed by atoms with Crippen LogP contribution in [0.5, 0.6) is 0 Å². The maximum atomic E-state index is 12.9. The summed E-state index contributed by atoms with van der Waals surface area (Å²) < 4.78 is 12.9. The summed E-state index contributed by atoms with van der Waals surface area (Å²) in [5.41, 5.74) is 1.31. The van der Waals surface area contributed by atoms with Crippen LogP contribution in [-0.2, 0) is 11.2 Å². The van der Waals surface area contributed by atoms with E-state index >= 15 is 0 Å². The van der Waals surface area contributed by atoms with Gasteiger partial charge in [-0.25, -0.2) is 4.39 Å². The predicted octanol–water partition coefficient (Wildman–Crippen LogP) is 4.54. The summed E-state index contributed by atoms with van der Waals surface area (Å²) in [4.78, 5) is 11.4. The van der Waals surface area contributed by atoms with Gasteiger partial charge >= 0.3 is 5.97 Å². The van der Waals surface area contributed by atoms with E-state index in [1.54, 1.807) is 30.3 Å². The second kappa shape index (κ2) is 6.25. The number of rotatable bonds is 4. The molecule has 2 nitrogen and oxygen atoms in total. The zero-order valence-corrected chi connectivity index (χ0v) is 11.8.